The summed E-state index contributed by atoms with van der Waals surface area (Å²) < 4.78 is 5.51. The van der Waals surface area contributed by atoms with Crippen LogP contribution >= 0.6 is 15.9 Å². The predicted molar refractivity (Wildman–Crippen MR) is 68.5 cm³/mol. The molecular weight excluding hydrogens is 284 g/mol. The van der Waals surface area contributed by atoms with Gasteiger partial charge in [-0.25, -0.2) is 0 Å². The minimum absolute atomic E-state index is 0.259. The van der Waals surface area contributed by atoms with Crippen molar-refractivity contribution in [3.8, 4) is 6.07 Å². The number of halogens is 1. The summed E-state index contributed by atoms with van der Waals surface area (Å²) in [6.45, 7) is 2.20. The normalized spacial score (nSPS) is 11.4. The average Bonchev–Trinajstić information content (AvgIpc) is 2.35. The van der Waals surface area contributed by atoms with E-state index in [1.165, 1.54) is 7.11 Å². The Balaban J connectivity index is 2.72. The van der Waals surface area contributed by atoms with Crippen molar-refractivity contribution in [3.63, 3.8) is 0 Å². The van der Waals surface area contributed by atoms with Crippen molar-refractivity contribution in [1.82, 2.24) is 0 Å². The molecule has 0 aliphatic rings. The Hall–Kier alpha value is -1.54. The Morgan fingerprint density at radius 2 is 2.35 bits per heavy atom. The molecule has 0 radical (unpaired) electrons. The zero-order valence-electron chi connectivity index (χ0n) is 9.66. The molecule has 1 rings (SSSR count). The lowest BCUT2D eigenvalue weighted by Crippen LogP contribution is -2.21. The molecule has 90 valence electrons. The molecule has 0 heterocycles. The van der Waals surface area contributed by atoms with E-state index in [4.69, 9.17) is 5.26 Å². The van der Waals surface area contributed by atoms with Crippen LogP contribution in [0.3, 0.4) is 0 Å². The molecule has 1 unspecified atom stereocenters. The van der Waals surface area contributed by atoms with Gasteiger partial charge in [0, 0.05) is 11.0 Å². The van der Waals surface area contributed by atoms with Gasteiger partial charge in [-0.2, -0.15) is 5.26 Å². The van der Waals surface area contributed by atoms with Gasteiger partial charge in [-0.3, -0.25) is 4.79 Å². The predicted octanol–water partition coefficient (Wildman–Crippen LogP) is 2.54. The van der Waals surface area contributed by atoms with Crippen LogP contribution in [0.5, 0.6) is 0 Å². The van der Waals surface area contributed by atoms with Crippen molar-refractivity contribution < 1.29 is 9.53 Å². The SMILES string of the molecule is COC(=O)C(C)CNc1cc(Br)ccc1C#N. The number of methoxy groups -OCH3 is 1. The third kappa shape index (κ3) is 3.75. The third-order valence-electron chi connectivity index (χ3n) is 2.30. The van der Waals surface area contributed by atoms with E-state index in [0.29, 0.717) is 17.8 Å². The quantitative estimate of drug-likeness (QED) is 0.868. The smallest absolute Gasteiger partial charge is 0.310 e. The Morgan fingerprint density at radius 3 is 2.94 bits per heavy atom. The number of hydrogen-bond donors (Lipinski definition) is 1. The van der Waals surface area contributed by atoms with Gasteiger partial charge in [-0.15, -0.1) is 0 Å². The molecule has 1 N–H and O–H groups in total. The highest BCUT2D eigenvalue weighted by Crippen LogP contribution is 2.21. The Kier molecular flexibility index (Phi) is 4.98. The second-order valence-corrected chi connectivity index (χ2v) is 4.52. The maximum absolute atomic E-state index is 11.2. The number of nitrogens with one attached hydrogen (secondary N) is 1. The summed E-state index contributed by atoms with van der Waals surface area (Å²) in [5.74, 6) is -0.531. The molecule has 0 aromatic heterocycles. The van der Waals surface area contributed by atoms with Crippen LogP contribution in [0.1, 0.15) is 12.5 Å². The number of nitriles is 1. The molecule has 0 spiro atoms. The fraction of sp³-hybridized carbons (Fsp3) is 0.333. The Labute approximate surface area is 109 Å². The first-order chi connectivity index (χ1) is 8.08. The minimum atomic E-state index is -0.272. The van der Waals surface area contributed by atoms with Gasteiger partial charge < -0.3 is 10.1 Å². The number of hydrogen-bond acceptors (Lipinski definition) is 4. The highest BCUT2D eigenvalue weighted by atomic mass is 79.9. The zero-order chi connectivity index (χ0) is 12.8. The highest BCUT2D eigenvalue weighted by molar-refractivity contribution is 9.10. The summed E-state index contributed by atoms with van der Waals surface area (Å²) in [5.41, 5.74) is 1.25. The van der Waals surface area contributed by atoms with Crippen LogP contribution in [0.4, 0.5) is 5.69 Å². The molecular formula is C12H13BrN2O2. The van der Waals surface area contributed by atoms with Gasteiger partial charge in [0.05, 0.1) is 24.3 Å². The van der Waals surface area contributed by atoms with E-state index in [0.717, 1.165) is 4.47 Å². The first-order valence-corrected chi connectivity index (χ1v) is 5.89. The van der Waals surface area contributed by atoms with E-state index in [2.05, 4.69) is 32.1 Å². The fourth-order valence-corrected chi connectivity index (χ4v) is 1.67. The fourth-order valence-electron chi connectivity index (χ4n) is 1.31. The van der Waals surface area contributed by atoms with E-state index in [1.807, 2.05) is 6.07 Å². The van der Waals surface area contributed by atoms with Crippen LogP contribution in [0, 0.1) is 17.2 Å². The van der Waals surface area contributed by atoms with E-state index < -0.39 is 0 Å². The first-order valence-electron chi connectivity index (χ1n) is 5.09. The largest absolute Gasteiger partial charge is 0.469 e. The van der Waals surface area contributed by atoms with Crippen LogP contribution in [0.2, 0.25) is 0 Å². The molecule has 0 saturated heterocycles. The second kappa shape index (κ2) is 6.26. The number of esters is 1. The summed E-state index contributed by atoms with van der Waals surface area (Å²) in [5, 5.41) is 12.0. The molecule has 0 bridgehead atoms. The summed E-state index contributed by atoms with van der Waals surface area (Å²) in [6, 6.07) is 7.41. The van der Waals surface area contributed by atoms with E-state index in [1.54, 1.807) is 19.1 Å². The van der Waals surface area contributed by atoms with E-state index in [9.17, 15) is 4.79 Å². The lowest BCUT2D eigenvalue weighted by molar-refractivity contribution is -0.144. The van der Waals surface area contributed by atoms with Crippen molar-refractivity contribution in [2.75, 3.05) is 19.0 Å². The van der Waals surface area contributed by atoms with Gasteiger partial charge in [-0.05, 0) is 18.2 Å². The van der Waals surface area contributed by atoms with Gasteiger partial charge in [0.25, 0.3) is 0 Å². The maximum Gasteiger partial charge on any atom is 0.310 e. The number of benzene rings is 1. The molecule has 5 heteroatoms. The van der Waals surface area contributed by atoms with Gasteiger partial charge in [0.1, 0.15) is 6.07 Å². The van der Waals surface area contributed by atoms with Crippen molar-refractivity contribution in [2.24, 2.45) is 5.92 Å². The number of carbonyl (C=O) groups excluding carboxylic acids is 1. The molecule has 0 amide bonds. The van der Waals surface area contributed by atoms with Crippen LogP contribution in [0.25, 0.3) is 0 Å². The van der Waals surface area contributed by atoms with Crippen molar-refractivity contribution >= 4 is 27.6 Å². The third-order valence-corrected chi connectivity index (χ3v) is 2.80. The highest BCUT2D eigenvalue weighted by Gasteiger charge is 2.13. The lowest BCUT2D eigenvalue weighted by atomic mass is 10.1. The Bertz CT molecular complexity index is 454. The number of carbonyl (C=O) groups is 1. The summed E-state index contributed by atoms with van der Waals surface area (Å²) in [4.78, 5) is 11.2. The summed E-state index contributed by atoms with van der Waals surface area (Å²) in [6.07, 6.45) is 0. The van der Waals surface area contributed by atoms with Crippen molar-refractivity contribution in [1.29, 1.82) is 5.26 Å². The van der Waals surface area contributed by atoms with Crippen LogP contribution in [-0.4, -0.2) is 19.6 Å². The number of nitrogens with zero attached hydrogens (tertiary/aromatic N) is 1. The molecule has 0 fully saturated rings. The van der Waals surface area contributed by atoms with Crippen LogP contribution in [-0.2, 0) is 9.53 Å². The second-order valence-electron chi connectivity index (χ2n) is 3.61. The first kappa shape index (κ1) is 13.5. The Morgan fingerprint density at radius 1 is 1.65 bits per heavy atom. The summed E-state index contributed by atoms with van der Waals surface area (Å²) >= 11 is 3.33. The maximum atomic E-state index is 11.2. The molecule has 1 aromatic carbocycles. The van der Waals surface area contributed by atoms with E-state index >= 15 is 0 Å². The van der Waals surface area contributed by atoms with Gasteiger partial charge >= 0.3 is 5.97 Å². The molecule has 0 aliphatic carbocycles. The molecule has 0 saturated carbocycles. The molecule has 1 aromatic rings. The van der Waals surface area contributed by atoms with E-state index in [-0.39, 0.29) is 11.9 Å². The van der Waals surface area contributed by atoms with Crippen molar-refractivity contribution in [3.05, 3.63) is 28.2 Å². The number of ether oxygens (including phenoxy) is 1. The van der Waals surface area contributed by atoms with Gasteiger partial charge in [0.15, 0.2) is 0 Å². The van der Waals surface area contributed by atoms with Crippen LogP contribution < -0.4 is 5.32 Å². The summed E-state index contributed by atoms with van der Waals surface area (Å²) in [7, 11) is 1.36. The average molecular weight is 297 g/mol. The lowest BCUT2D eigenvalue weighted by Gasteiger charge is -2.12. The molecule has 1 atom stereocenters. The van der Waals surface area contributed by atoms with Crippen LogP contribution in [0.15, 0.2) is 22.7 Å². The standard InChI is InChI=1S/C12H13BrN2O2/c1-8(12(16)17-2)7-15-11-5-10(13)4-3-9(11)6-14/h3-5,8,15H,7H2,1-2H3. The monoisotopic (exact) mass is 296 g/mol. The van der Waals surface area contributed by atoms with Crippen molar-refractivity contribution in [2.45, 2.75) is 6.92 Å². The number of anilines is 1. The topological polar surface area (TPSA) is 62.1 Å². The van der Waals surface area contributed by atoms with Gasteiger partial charge in [-0.1, -0.05) is 22.9 Å². The zero-order valence-corrected chi connectivity index (χ0v) is 11.2. The molecule has 4 nitrogen and oxygen atoms in total. The molecule has 0 aliphatic heterocycles. The molecule has 17 heavy (non-hydrogen) atoms. The number of rotatable bonds is 4. The van der Waals surface area contributed by atoms with Gasteiger partial charge in [0.2, 0.25) is 0 Å². The minimum Gasteiger partial charge on any atom is -0.469 e.